The first-order valence-electron chi connectivity index (χ1n) is 7.07. The highest BCUT2D eigenvalue weighted by molar-refractivity contribution is 6.00. The van der Waals surface area contributed by atoms with Crippen LogP contribution in [0.25, 0.3) is 10.8 Å². The maximum absolute atomic E-state index is 12.2. The Morgan fingerprint density at radius 1 is 1.00 bits per heavy atom. The maximum Gasteiger partial charge on any atom is 0.164 e. The van der Waals surface area contributed by atoms with Gasteiger partial charge in [-0.3, -0.25) is 4.79 Å². The van der Waals surface area contributed by atoms with Crippen molar-refractivity contribution >= 4 is 29.0 Å². The summed E-state index contributed by atoms with van der Waals surface area (Å²) >= 11 is 0. The summed E-state index contributed by atoms with van der Waals surface area (Å²) < 4.78 is 0. The zero-order valence-electron chi connectivity index (χ0n) is 11.5. The van der Waals surface area contributed by atoms with E-state index in [2.05, 4.69) is 17.0 Å². The number of ketones is 1. The molecule has 0 spiro atoms. The molecule has 0 aliphatic carbocycles. The Balaban J connectivity index is 0.00000147. The number of benzene rings is 2. The molecular formula is C17H20ClNO. The van der Waals surface area contributed by atoms with Crippen molar-refractivity contribution in [2.24, 2.45) is 0 Å². The van der Waals surface area contributed by atoms with Gasteiger partial charge in [-0.25, -0.2) is 0 Å². The van der Waals surface area contributed by atoms with Gasteiger partial charge in [-0.15, -0.1) is 12.4 Å². The maximum atomic E-state index is 12.2. The summed E-state index contributed by atoms with van der Waals surface area (Å²) in [5.41, 5.74) is 0.845. The van der Waals surface area contributed by atoms with Gasteiger partial charge in [0.2, 0.25) is 0 Å². The highest BCUT2D eigenvalue weighted by Crippen LogP contribution is 2.17. The molecule has 1 aliphatic rings. The van der Waals surface area contributed by atoms with Crippen molar-refractivity contribution in [1.82, 2.24) is 4.90 Å². The van der Waals surface area contributed by atoms with Crippen LogP contribution in [0.5, 0.6) is 0 Å². The Morgan fingerprint density at radius 2 is 1.70 bits per heavy atom. The first-order chi connectivity index (χ1) is 9.33. The third-order valence-corrected chi connectivity index (χ3v) is 3.93. The summed E-state index contributed by atoms with van der Waals surface area (Å²) in [5, 5.41) is 2.34. The van der Waals surface area contributed by atoms with Crippen LogP contribution in [-0.4, -0.2) is 30.3 Å². The van der Waals surface area contributed by atoms with Gasteiger partial charge in [0.1, 0.15) is 0 Å². The summed E-state index contributed by atoms with van der Waals surface area (Å²) in [6.07, 6.45) is 3.20. The molecular weight excluding hydrogens is 270 g/mol. The molecule has 20 heavy (non-hydrogen) atoms. The quantitative estimate of drug-likeness (QED) is 0.795. The first-order valence-corrected chi connectivity index (χ1v) is 7.07. The predicted octanol–water partition coefficient (Wildman–Crippen LogP) is 3.93. The number of hydrogen-bond donors (Lipinski definition) is 0. The third kappa shape index (κ3) is 3.38. The summed E-state index contributed by atoms with van der Waals surface area (Å²) in [7, 11) is 0. The zero-order valence-corrected chi connectivity index (χ0v) is 12.4. The lowest BCUT2D eigenvalue weighted by Gasteiger charge is -2.13. The smallest absolute Gasteiger partial charge is 0.164 e. The van der Waals surface area contributed by atoms with Gasteiger partial charge >= 0.3 is 0 Å². The van der Waals surface area contributed by atoms with Gasteiger partial charge in [-0.2, -0.15) is 0 Å². The van der Waals surface area contributed by atoms with Crippen LogP contribution in [0.1, 0.15) is 29.6 Å². The van der Waals surface area contributed by atoms with Gasteiger partial charge in [-0.05, 0) is 42.8 Å². The van der Waals surface area contributed by atoms with Gasteiger partial charge in [0, 0.05) is 18.5 Å². The Labute approximate surface area is 126 Å². The topological polar surface area (TPSA) is 20.3 Å². The number of carbonyl (C=O) groups excluding carboxylic acids is 1. The molecule has 2 aromatic carbocycles. The number of halogens is 1. The molecule has 0 N–H and O–H groups in total. The van der Waals surface area contributed by atoms with Crippen molar-refractivity contribution in [2.45, 2.75) is 19.3 Å². The number of fused-ring (bicyclic) bond motifs is 1. The average molecular weight is 290 g/mol. The summed E-state index contributed by atoms with van der Waals surface area (Å²) in [6.45, 7) is 3.22. The van der Waals surface area contributed by atoms with Gasteiger partial charge in [0.05, 0.1) is 0 Å². The second kappa shape index (κ2) is 6.87. The van der Waals surface area contributed by atoms with Crippen molar-refractivity contribution in [1.29, 1.82) is 0 Å². The Morgan fingerprint density at radius 3 is 2.45 bits per heavy atom. The molecule has 0 bridgehead atoms. The second-order valence-corrected chi connectivity index (χ2v) is 5.28. The molecule has 1 aliphatic heterocycles. The van der Waals surface area contributed by atoms with Crippen LogP contribution in [-0.2, 0) is 0 Å². The largest absolute Gasteiger partial charge is 0.303 e. The molecule has 0 amide bonds. The second-order valence-electron chi connectivity index (χ2n) is 5.28. The van der Waals surface area contributed by atoms with Gasteiger partial charge in [-0.1, -0.05) is 36.4 Å². The number of nitrogens with zero attached hydrogens (tertiary/aromatic N) is 1. The van der Waals surface area contributed by atoms with E-state index in [0.717, 1.165) is 30.6 Å². The van der Waals surface area contributed by atoms with Crippen molar-refractivity contribution in [2.75, 3.05) is 19.6 Å². The van der Waals surface area contributed by atoms with Gasteiger partial charge in [0.15, 0.2) is 5.78 Å². The number of likely N-dealkylation sites (tertiary alicyclic amines) is 1. The minimum atomic E-state index is 0. The van der Waals surface area contributed by atoms with E-state index < -0.39 is 0 Å². The van der Waals surface area contributed by atoms with Crippen molar-refractivity contribution in [3.63, 3.8) is 0 Å². The Hall–Kier alpha value is -1.38. The molecule has 3 heteroatoms. The molecule has 2 nitrogen and oxygen atoms in total. The van der Waals surface area contributed by atoms with E-state index in [1.165, 1.54) is 18.2 Å². The standard InChI is InChI=1S/C17H19NO.ClH/c19-17(9-12-18-10-3-4-11-18)16-8-7-14-5-1-2-6-15(14)13-16;/h1-2,5-8,13H,3-4,9-12H2;1H. The average Bonchev–Trinajstić information content (AvgIpc) is 2.97. The lowest BCUT2D eigenvalue weighted by Crippen LogP contribution is -2.22. The van der Waals surface area contributed by atoms with E-state index in [4.69, 9.17) is 0 Å². The van der Waals surface area contributed by atoms with Crippen LogP contribution in [0.2, 0.25) is 0 Å². The van der Waals surface area contributed by atoms with E-state index in [1.54, 1.807) is 0 Å². The SMILES string of the molecule is Cl.O=C(CCN1CCCC1)c1ccc2ccccc2c1. The van der Waals surface area contributed by atoms with Crippen molar-refractivity contribution < 1.29 is 4.79 Å². The minimum Gasteiger partial charge on any atom is -0.303 e. The predicted molar refractivity (Wildman–Crippen MR) is 85.8 cm³/mol. The first kappa shape index (κ1) is 15.0. The molecule has 0 radical (unpaired) electrons. The molecule has 0 atom stereocenters. The van der Waals surface area contributed by atoms with E-state index in [1.807, 2.05) is 30.3 Å². The van der Waals surface area contributed by atoms with Crippen LogP contribution in [0.4, 0.5) is 0 Å². The van der Waals surface area contributed by atoms with Gasteiger partial charge in [0.25, 0.3) is 0 Å². The van der Waals surface area contributed by atoms with Crippen LogP contribution < -0.4 is 0 Å². The van der Waals surface area contributed by atoms with Crippen LogP contribution in [0, 0.1) is 0 Å². The van der Waals surface area contributed by atoms with Crippen LogP contribution >= 0.6 is 12.4 Å². The molecule has 1 saturated heterocycles. The highest BCUT2D eigenvalue weighted by atomic mass is 35.5. The normalized spacial score (nSPS) is 15.2. The molecule has 0 aromatic heterocycles. The number of Topliss-reactive ketones (excluding diaryl/α,β-unsaturated/α-hetero) is 1. The molecule has 1 fully saturated rings. The Bertz CT molecular complexity index is 590. The lowest BCUT2D eigenvalue weighted by molar-refractivity contribution is 0.0969. The van der Waals surface area contributed by atoms with E-state index in [0.29, 0.717) is 6.42 Å². The number of hydrogen-bond acceptors (Lipinski definition) is 2. The van der Waals surface area contributed by atoms with E-state index >= 15 is 0 Å². The minimum absolute atomic E-state index is 0. The van der Waals surface area contributed by atoms with Crippen LogP contribution in [0.15, 0.2) is 42.5 Å². The summed E-state index contributed by atoms with van der Waals surface area (Å²) in [6, 6.07) is 14.2. The monoisotopic (exact) mass is 289 g/mol. The molecule has 2 aromatic rings. The molecule has 0 unspecified atom stereocenters. The fourth-order valence-electron chi connectivity index (χ4n) is 2.77. The molecule has 3 rings (SSSR count). The van der Waals surface area contributed by atoms with E-state index in [9.17, 15) is 4.79 Å². The zero-order chi connectivity index (χ0) is 13.1. The summed E-state index contributed by atoms with van der Waals surface area (Å²) in [5.74, 6) is 0.262. The molecule has 1 heterocycles. The number of carbonyl (C=O) groups is 1. The molecule has 106 valence electrons. The van der Waals surface area contributed by atoms with Crippen LogP contribution in [0.3, 0.4) is 0 Å². The van der Waals surface area contributed by atoms with E-state index in [-0.39, 0.29) is 18.2 Å². The fraction of sp³-hybridized carbons (Fsp3) is 0.353. The summed E-state index contributed by atoms with van der Waals surface area (Å²) in [4.78, 5) is 14.6. The molecule has 0 saturated carbocycles. The van der Waals surface area contributed by atoms with Crippen molar-refractivity contribution in [3.8, 4) is 0 Å². The third-order valence-electron chi connectivity index (χ3n) is 3.93. The lowest BCUT2D eigenvalue weighted by atomic mass is 10.0. The fourth-order valence-corrected chi connectivity index (χ4v) is 2.77. The Kier molecular flexibility index (Phi) is 5.16. The highest BCUT2D eigenvalue weighted by Gasteiger charge is 2.13. The van der Waals surface area contributed by atoms with Crippen molar-refractivity contribution in [3.05, 3.63) is 48.0 Å². The number of rotatable bonds is 4. The van der Waals surface area contributed by atoms with Gasteiger partial charge < -0.3 is 4.90 Å².